The molecular weight excluding hydrogens is 473 g/mol. The van der Waals surface area contributed by atoms with Gasteiger partial charge in [-0.3, -0.25) is 4.57 Å². The number of halogens is 1. The fourth-order valence-corrected chi connectivity index (χ4v) is 5.19. The molecule has 1 saturated heterocycles. The van der Waals surface area contributed by atoms with Gasteiger partial charge in [-0.2, -0.15) is 0 Å². The first-order valence-corrected chi connectivity index (χ1v) is 12.3. The summed E-state index contributed by atoms with van der Waals surface area (Å²) in [5, 5.41) is 25.4. The van der Waals surface area contributed by atoms with E-state index in [1.807, 2.05) is 37.3 Å². The number of aliphatic hydroxyl groups is 2. The van der Waals surface area contributed by atoms with Crippen molar-refractivity contribution in [1.29, 1.82) is 0 Å². The summed E-state index contributed by atoms with van der Waals surface area (Å²) in [5.41, 5.74) is 2.14. The lowest BCUT2D eigenvalue weighted by molar-refractivity contribution is -0.0759. The molecule has 1 aliphatic heterocycles. The van der Waals surface area contributed by atoms with Crippen molar-refractivity contribution < 1.29 is 34.0 Å². The second kappa shape index (κ2) is 9.32. The van der Waals surface area contributed by atoms with E-state index in [9.17, 15) is 24.6 Å². The van der Waals surface area contributed by atoms with Gasteiger partial charge in [-0.1, -0.05) is 41.9 Å². The smallest absolute Gasteiger partial charge is 0.356 e. The quantitative estimate of drug-likeness (QED) is 0.245. The largest absolute Gasteiger partial charge is 0.387 e. The minimum atomic E-state index is -4.78. The first-order valence-electron chi connectivity index (χ1n) is 10.2. The Balaban J connectivity index is 1.68. The van der Waals surface area contributed by atoms with E-state index in [1.54, 1.807) is 18.3 Å². The van der Waals surface area contributed by atoms with Crippen LogP contribution in [-0.4, -0.2) is 60.8 Å². The lowest BCUT2D eigenvalue weighted by Crippen LogP contribution is -2.39. The predicted octanol–water partition coefficient (Wildman–Crippen LogP) is 2.63. The number of aliphatic hydroxyl groups excluding tert-OH is 2. The fraction of sp³-hybridized carbons (Fsp3) is 0.381. The van der Waals surface area contributed by atoms with Gasteiger partial charge in [-0.15, -0.1) is 0 Å². The van der Waals surface area contributed by atoms with Gasteiger partial charge in [-0.05, 0) is 24.6 Å². The Morgan fingerprint density at radius 1 is 1.21 bits per heavy atom. The molecule has 2 aromatic heterocycles. The van der Waals surface area contributed by atoms with Crippen LogP contribution >= 0.6 is 19.2 Å². The number of methoxy groups -OCH3 is 1. The van der Waals surface area contributed by atoms with E-state index < -0.39 is 38.0 Å². The Bertz CT molecular complexity index is 1170. The minimum absolute atomic E-state index is 0.0403. The zero-order valence-electron chi connectivity index (χ0n) is 17.8. The Labute approximate surface area is 194 Å². The molecule has 3 heterocycles. The van der Waals surface area contributed by atoms with E-state index in [-0.39, 0.29) is 11.2 Å². The molecule has 1 fully saturated rings. The van der Waals surface area contributed by atoms with Gasteiger partial charge in [0.2, 0.25) is 0 Å². The zero-order valence-corrected chi connectivity index (χ0v) is 19.5. The number of nitrogens with zero attached hydrogens (tertiary/aromatic N) is 2. The van der Waals surface area contributed by atoms with Crippen molar-refractivity contribution in [2.24, 2.45) is 0 Å². The molecular formula is C21H25ClN3O7P. The third-order valence-electron chi connectivity index (χ3n) is 5.73. The van der Waals surface area contributed by atoms with Gasteiger partial charge in [0, 0.05) is 30.4 Å². The van der Waals surface area contributed by atoms with Gasteiger partial charge >= 0.3 is 7.60 Å². The van der Waals surface area contributed by atoms with E-state index in [0.29, 0.717) is 16.7 Å². The van der Waals surface area contributed by atoms with E-state index in [0.717, 1.165) is 12.7 Å². The molecule has 12 heteroatoms. The number of fused-ring (bicyclic) bond motifs is 1. The molecule has 6 atom stereocenters. The van der Waals surface area contributed by atoms with Crippen molar-refractivity contribution in [1.82, 2.24) is 9.55 Å². The van der Waals surface area contributed by atoms with E-state index in [2.05, 4.69) is 10.3 Å². The van der Waals surface area contributed by atoms with E-state index >= 15 is 0 Å². The highest BCUT2D eigenvalue weighted by Crippen LogP contribution is 2.48. The van der Waals surface area contributed by atoms with Crippen LogP contribution in [0, 0.1) is 0 Å². The number of ether oxygens (including phenoxy) is 2. The van der Waals surface area contributed by atoms with Gasteiger partial charge in [-0.25, -0.2) is 4.98 Å². The SMILES string of the molecule is COC([C@@H]1O[C@@H](n2ccc3c(N[C@H](C)c4ccccc4)cc(Cl)nc32)[C@H](O)[C@@H]1O)P(=O)(O)O. The molecule has 0 aliphatic carbocycles. The number of anilines is 1. The normalized spacial score (nSPS) is 25.3. The first kappa shape index (κ1) is 24.1. The summed E-state index contributed by atoms with van der Waals surface area (Å²) in [5.74, 6) is -1.74. The molecule has 10 nitrogen and oxygen atoms in total. The number of hydrogen-bond donors (Lipinski definition) is 5. The first-order chi connectivity index (χ1) is 15.6. The van der Waals surface area contributed by atoms with Crippen molar-refractivity contribution in [3.05, 3.63) is 59.4 Å². The number of aromatic nitrogens is 2. The second-order valence-electron chi connectivity index (χ2n) is 7.92. The molecule has 3 aromatic rings. The Morgan fingerprint density at radius 3 is 2.55 bits per heavy atom. The minimum Gasteiger partial charge on any atom is -0.387 e. The summed E-state index contributed by atoms with van der Waals surface area (Å²) in [4.78, 5) is 23.4. The molecule has 5 N–H and O–H groups in total. The zero-order chi connectivity index (χ0) is 23.9. The van der Waals surface area contributed by atoms with Gasteiger partial charge in [0.1, 0.15) is 29.1 Å². The van der Waals surface area contributed by atoms with Crippen LogP contribution in [0.15, 0.2) is 48.7 Å². The third-order valence-corrected chi connectivity index (χ3v) is 7.09. The molecule has 1 unspecified atom stereocenters. The van der Waals surface area contributed by atoms with Gasteiger partial charge < -0.3 is 39.4 Å². The Morgan fingerprint density at radius 2 is 1.91 bits per heavy atom. The summed E-state index contributed by atoms with van der Waals surface area (Å²) in [6.07, 6.45) is -4.11. The van der Waals surface area contributed by atoms with Crippen molar-refractivity contribution in [3.63, 3.8) is 0 Å². The summed E-state index contributed by atoms with van der Waals surface area (Å²) >= 11 is 6.28. The average Bonchev–Trinajstić information content (AvgIpc) is 3.30. The lowest BCUT2D eigenvalue weighted by atomic mass is 10.1. The summed E-state index contributed by atoms with van der Waals surface area (Å²) in [6, 6.07) is 13.2. The number of rotatable bonds is 7. The van der Waals surface area contributed by atoms with Crippen LogP contribution in [0.5, 0.6) is 0 Å². The van der Waals surface area contributed by atoms with Crippen molar-refractivity contribution >= 4 is 35.9 Å². The number of nitrogens with one attached hydrogen (secondary N) is 1. The second-order valence-corrected chi connectivity index (χ2v) is 9.99. The van der Waals surface area contributed by atoms with Crippen LogP contribution in [0.25, 0.3) is 11.0 Å². The molecule has 0 radical (unpaired) electrons. The summed E-state index contributed by atoms with van der Waals surface area (Å²) in [7, 11) is -3.68. The molecule has 1 aromatic carbocycles. The van der Waals surface area contributed by atoms with Crippen LogP contribution in [0.2, 0.25) is 5.15 Å². The molecule has 0 spiro atoms. The lowest BCUT2D eigenvalue weighted by Gasteiger charge is -2.24. The Hall–Kier alpha value is -2.01. The summed E-state index contributed by atoms with van der Waals surface area (Å²) < 4.78 is 23.8. The summed E-state index contributed by atoms with van der Waals surface area (Å²) in [6.45, 7) is 2.00. The topological polar surface area (TPSA) is 146 Å². The van der Waals surface area contributed by atoms with Crippen LogP contribution in [0.4, 0.5) is 5.69 Å². The molecule has 4 rings (SSSR count). The molecule has 33 heavy (non-hydrogen) atoms. The maximum absolute atomic E-state index is 11.8. The highest BCUT2D eigenvalue weighted by Gasteiger charge is 2.52. The van der Waals surface area contributed by atoms with E-state index in [4.69, 9.17) is 21.1 Å². The van der Waals surface area contributed by atoms with E-state index in [1.165, 1.54) is 4.57 Å². The molecule has 0 amide bonds. The monoisotopic (exact) mass is 497 g/mol. The third kappa shape index (κ3) is 4.66. The molecule has 178 valence electrons. The number of pyridine rings is 1. The predicted molar refractivity (Wildman–Crippen MR) is 122 cm³/mol. The van der Waals surface area contributed by atoms with Gasteiger partial charge in [0.15, 0.2) is 12.1 Å². The van der Waals surface area contributed by atoms with Gasteiger partial charge in [0.25, 0.3) is 0 Å². The Kier molecular flexibility index (Phi) is 6.82. The maximum atomic E-state index is 11.8. The fourth-order valence-electron chi connectivity index (χ4n) is 4.09. The van der Waals surface area contributed by atoms with Crippen LogP contribution in [0.1, 0.15) is 24.8 Å². The van der Waals surface area contributed by atoms with Crippen LogP contribution in [-0.2, 0) is 14.0 Å². The van der Waals surface area contributed by atoms with Crippen molar-refractivity contribution in [2.75, 3.05) is 12.4 Å². The highest BCUT2D eigenvalue weighted by molar-refractivity contribution is 7.52. The van der Waals surface area contributed by atoms with Crippen LogP contribution < -0.4 is 5.32 Å². The number of benzene rings is 1. The molecule has 0 bridgehead atoms. The van der Waals surface area contributed by atoms with Gasteiger partial charge in [0.05, 0.1) is 0 Å². The molecule has 0 saturated carbocycles. The number of hydrogen-bond acceptors (Lipinski definition) is 7. The molecule has 1 aliphatic rings. The van der Waals surface area contributed by atoms with Crippen LogP contribution in [0.3, 0.4) is 0 Å². The maximum Gasteiger partial charge on any atom is 0.356 e. The standard InChI is InChI=1S/C21H25ClN3O7P/c1-11(12-6-4-3-5-7-12)23-14-10-15(22)24-19-13(14)8-9-25(19)20-17(27)16(26)18(32-20)21(31-2)33(28,29)30/h3-11,16-18,20-21,26-27H,1-2H3,(H,23,24)(H2,28,29,30)/t11-,16+,17-,18-,20-,21?/m1/s1. The average molecular weight is 498 g/mol. The van der Waals surface area contributed by atoms with Crippen molar-refractivity contribution in [2.45, 2.75) is 43.4 Å². The van der Waals surface area contributed by atoms with Crippen molar-refractivity contribution in [3.8, 4) is 0 Å². The highest BCUT2D eigenvalue weighted by atomic mass is 35.5.